The second kappa shape index (κ2) is 6.94. The van der Waals surface area contributed by atoms with Crippen LogP contribution < -0.4 is 15.2 Å². The van der Waals surface area contributed by atoms with Crippen LogP contribution in [0.5, 0.6) is 11.5 Å². The second-order valence-electron chi connectivity index (χ2n) is 5.86. The van der Waals surface area contributed by atoms with Crippen LogP contribution in [-0.2, 0) is 13.1 Å². The molecular formula is C17H21N5O3. The van der Waals surface area contributed by atoms with E-state index < -0.39 is 0 Å². The van der Waals surface area contributed by atoms with Gasteiger partial charge in [0.25, 0.3) is 0 Å². The first-order valence-corrected chi connectivity index (χ1v) is 7.79. The molecule has 1 aromatic carbocycles. The number of nitrogen functional groups attached to an aromatic ring is 1. The third kappa shape index (κ3) is 3.63. The normalized spacial score (nSPS) is 11.2. The van der Waals surface area contributed by atoms with Crippen molar-refractivity contribution in [2.45, 2.75) is 20.0 Å². The van der Waals surface area contributed by atoms with E-state index >= 15 is 0 Å². The molecule has 0 unspecified atom stereocenters. The Balaban J connectivity index is 1.86. The largest absolute Gasteiger partial charge is 0.493 e. The molecule has 0 fully saturated rings. The molecule has 0 spiro atoms. The predicted molar refractivity (Wildman–Crippen MR) is 93.5 cm³/mol. The van der Waals surface area contributed by atoms with Crippen LogP contribution in [0, 0.1) is 6.92 Å². The molecule has 0 aliphatic carbocycles. The minimum absolute atomic E-state index is 0.407. The SMILES string of the molecule is COc1cc2nc(CN(C)Cc3cc(C)no3)nc(N)c2cc1OC. The van der Waals surface area contributed by atoms with Crippen molar-refractivity contribution in [3.8, 4) is 11.5 Å². The summed E-state index contributed by atoms with van der Waals surface area (Å²) >= 11 is 0. The quantitative estimate of drug-likeness (QED) is 0.727. The number of hydrogen-bond acceptors (Lipinski definition) is 8. The van der Waals surface area contributed by atoms with Gasteiger partial charge in [0.05, 0.1) is 38.5 Å². The lowest BCUT2D eigenvalue weighted by Gasteiger charge is -2.15. The van der Waals surface area contributed by atoms with Gasteiger partial charge in [-0.05, 0) is 20.0 Å². The molecule has 132 valence electrons. The smallest absolute Gasteiger partial charge is 0.162 e. The van der Waals surface area contributed by atoms with E-state index in [0.717, 1.165) is 16.8 Å². The van der Waals surface area contributed by atoms with Crippen molar-refractivity contribution >= 4 is 16.7 Å². The van der Waals surface area contributed by atoms with Crippen molar-refractivity contribution in [3.05, 3.63) is 35.5 Å². The monoisotopic (exact) mass is 343 g/mol. The van der Waals surface area contributed by atoms with Crippen LogP contribution in [0.15, 0.2) is 22.7 Å². The number of hydrogen-bond donors (Lipinski definition) is 1. The molecule has 0 bridgehead atoms. The Bertz CT molecular complexity index is 893. The van der Waals surface area contributed by atoms with E-state index in [1.165, 1.54) is 0 Å². The van der Waals surface area contributed by atoms with E-state index in [0.29, 0.717) is 41.7 Å². The summed E-state index contributed by atoms with van der Waals surface area (Å²) in [5.74, 6) is 3.02. The van der Waals surface area contributed by atoms with Crippen LogP contribution in [0.2, 0.25) is 0 Å². The molecule has 25 heavy (non-hydrogen) atoms. The molecule has 0 saturated carbocycles. The molecule has 8 heteroatoms. The summed E-state index contributed by atoms with van der Waals surface area (Å²) in [7, 11) is 5.12. The lowest BCUT2D eigenvalue weighted by molar-refractivity contribution is 0.261. The van der Waals surface area contributed by atoms with Gasteiger partial charge in [0, 0.05) is 17.5 Å². The fourth-order valence-corrected chi connectivity index (χ4v) is 2.65. The Labute approximate surface area is 145 Å². The zero-order chi connectivity index (χ0) is 18.0. The number of methoxy groups -OCH3 is 2. The highest BCUT2D eigenvalue weighted by Gasteiger charge is 2.13. The van der Waals surface area contributed by atoms with Crippen molar-refractivity contribution in [1.82, 2.24) is 20.0 Å². The summed E-state index contributed by atoms with van der Waals surface area (Å²) in [5.41, 5.74) is 7.68. The van der Waals surface area contributed by atoms with Gasteiger partial charge in [-0.25, -0.2) is 9.97 Å². The summed E-state index contributed by atoms with van der Waals surface area (Å²) in [5, 5.41) is 4.62. The standard InChI is InChI=1S/C17H21N5O3/c1-10-5-11(25-21-10)8-22(2)9-16-19-13-7-15(24-4)14(23-3)6-12(13)17(18)20-16/h5-7H,8-9H2,1-4H3,(H2,18,19,20). The van der Waals surface area contributed by atoms with Crippen molar-refractivity contribution in [2.75, 3.05) is 27.0 Å². The fraction of sp³-hybridized carbons (Fsp3) is 0.353. The Hall–Kier alpha value is -2.87. The topological polar surface area (TPSA) is 99.5 Å². The number of nitrogens with two attached hydrogens (primary N) is 1. The molecule has 0 aliphatic rings. The van der Waals surface area contributed by atoms with E-state index in [1.807, 2.05) is 24.9 Å². The molecule has 0 atom stereocenters. The highest BCUT2D eigenvalue weighted by atomic mass is 16.5. The molecule has 2 N–H and O–H groups in total. The molecule has 3 aromatic rings. The zero-order valence-corrected chi connectivity index (χ0v) is 14.7. The van der Waals surface area contributed by atoms with Crippen LogP contribution in [0.4, 0.5) is 5.82 Å². The van der Waals surface area contributed by atoms with Gasteiger partial charge in [-0.1, -0.05) is 5.16 Å². The summed E-state index contributed by atoms with van der Waals surface area (Å²) in [4.78, 5) is 11.0. The number of aromatic nitrogens is 3. The Morgan fingerprint density at radius 1 is 1.08 bits per heavy atom. The van der Waals surface area contributed by atoms with Crippen LogP contribution in [0.3, 0.4) is 0 Å². The Morgan fingerprint density at radius 2 is 1.80 bits per heavy atom. The maximum Gasteiger partial charge on any atom is 0.162 e. The second-order valence-corrected chi connectivity index (χ2v) is 5.86. The van der Waals surface area contributed by atoms with Gasteiger partial charge in [-0.3, -0.25) is 4.90 Å². The van der Waals surface area contributed by atoms with Gasteiger partial charge in [0.1, 0.15) is 11.6 Å². The number of fused-ring (bicyclic) bond motifs is 1. The van der Waals surface area contributed by atoms with Crippen molar-refractivity contribution in [1.29, 1.82) is 0 Å². The maximum atomic E-state index is 6.11. The van der Waals surface area contributed by atoms with Crippen molar-refractivity contribution in [3.63, 3.8) is 0 Å². The van der Waals surface area contributed by atoms with E-state index in [2.05, 4.69) is 15.1 Å². The van der Waals surface area contributed by atoms with Crippen molar-refractivity contribution < 1.29 is 14.0 Å². The van der Waals surface area contributed by atoms with Gasteiger partial charge >= 0.3 is 0 Å². The van der Waals surface area contributed by atoms with Crippen LogP contribution in [-0.4, -0.2) is 41.3 Å². The average Bonchev–Trinajstić information content (AvgIpc) is 2.98. The first kappa shape index (κ1) is 17.0. The molecule has 0 radical (unpaired) electrons. The van der Waals surface area contributed by atoms with Gasteiger partial charge in [-0.15, -0.1) is 0 Å². The highest BCUT2D eigenvalue weighted by Crippen LogP contribution is 2.33. The molecule has 8 nitrogen and oxygen atoms in total. The summed E-state index contributed by atoms with van der Waals surface area (Å²) in [6, 6.07) is 5.49. The fourth-order valence-electron chi connectivity index (χ4n) is 2.65. The Kier molecular flexibility index (Phi) is 4.71. The third-order valence-electron chi connectivity index (χ3n) is 3.79. The predicted octanol–water partition coefficient (Wildman–Crippen LogP) is 2.16. The van der Waals surface area contributed by atoms with Crippen LogP contribution in [0.1, 0.15) is 17.3 Å². The molecular weight excluding hydrogens is 322 g/mol. The lowest BCUT2D eigenvalue weighted by Crippen LogP contribution is -2.19. The minimum atomic E-state index is 0.407. The molecule has 0 saturated heterocycles. The van der Waals surface area contributed by atoms with Crippen molar-refractivity contribution in [2.24, 2.45) is 0 Å². The third-order valence-corrected chi connectivity index (χ3v) is 3.79. The summed E-state index contributed by atoms with van der Waals surface area (Å²) < 4.78 is 15.9. The van der Waals surface area contributed by atoms with Gasteiger partial charge in [-0.2, -0.15) is 0 Å². The number of anilines is 1. The van der Waals surface area contributed by atoms with Gasteiger partial charge < -0.3 is 19.7 Å². The maximum absolute atomic E-state index is 6.11. The molecule has 0 aliphatic heterocycles. The summed E-state index contributed by atoms with van der Waals surface area (Å²) in [6.07, 6.45) is 0. The van der Waals surface area contributed by atoms with E-state index in [1.54, 1.807) is 26.4 Å². The molecule has 0 amide bonds. The van der Waals surface area contributed by atoms with E-state index in [-0.39, 0.29) is 0 Å². The number of rotatable bonds is 6. The number of aryl methyl sites for hydroxylation is 1. The molecule has 3 rings (SSSR count). The zero-order valence-electron chi connectivity index (χ0n) is 14.7. The molecule has 2 heterocycles. The van der Waals surface area contributed by atoms with Gasteiger partial charge in [0.2, 0.25) is 0 Å². The summed E-state index contributed by atoms with van der Waals surface area (Å²) in [6.45, 7) is 3.02. The number of nitrogens with zero attached hydrogens (tertiary/aromatic N) is 4. The van der Waals surface area contributed by atoms with E-state index in [9.17, 15) is 0 Å². The highest BCUT2D eigenvalue weighted by molar-refractivity contribution is 5.90. The number of ether oxygens (including phenoxy) is 2. The van der Waals surface area contributed by atoms with Crippen LogP contribution in [0.25, 0.3) is 10.9 Å². The first-order chi connectivity index (χ1) is 12.0. The molecule has 2 aromatic heterocycles. The van der Waals surface area contributed by atoms with E-state index in [4.69, 9.17) is 19.7 Å². The van der Waals surface area contributed by atoms with Crippen LogP contribution >= 0.6 is 0 Å². The Morgan fingerprint density at radius 3 is 2.44 bits per heavy atom. The lowest BCUT2D eigenvalue weighted by atomic mass is 10.2. The number of benzene rings is 1. The minimum Gasteiger partial charge on any atom is -0.493 e. The van der Waals surface area contributed by atoms with Gasteiger partial charge in [0.15, 0.2) is 17.3 Å². The average molecular weight is 343 g/mol. The first-order valence-electron chi connectivity index (χ1n) is 7.79.